The van der Waals surface area contributed by atoms with Crippen LogP contribution in [0.1, 0.15) is 33.3 Å². The highest BCUT2D eigenvalue weighted by Crippen LogP contribution is 2.52. The highest BCUT2D eigenvalue weighted by molar-refractivity contribution is 7.54. The fourth-order valence-corrected chi connectivity index (χ4v) is 4.03. The van der Waals surface area contributed by atoms with E-state index in [4.69, 9.17) is 13.8 Å². The zero-order valence-electron chi connectivity index (χ0n) is 13.5. The van der Waals surface area contributed by atoms with Crippen LogP contribution in [0.25, 0.3) is 5.57 Å². The molecule has 0 heterocycles. The third kappa shape index (κ3) is 6.04. The van der Waals surface area contributed by atoms with Gasteiger partial charge in [-0.25, -0.2) is 0 Å². The van der Waals surface area contributed by atoms with Gasteiger partial charge in [0.05, 0.1) is 25.5 Å². The van der Waals surface area contributed by atoms with Gasteiger partial charge in [-0.2, -0.15) is 0 Å². The van der Waals surface area contributed by atoms with Gasteiger partial charge in [0.2, 0.25) is 0 Å². The number of rotatable bonds is 8. The topological polar surface area (TPSA) is 44.8 Å². The van der Waals surface area contributed by atoms with Crippen LogP contribution in [0.2, 0.25) is 0 Å². The molecule has 0 aliphatic rings. The van der Waals surface area contributed by atoms with Gasteiger partial charge in [-0.3, -0.25) is 4.57 Å². The van der Waals surface area contributed by atoms with Crippen molar-refractivity contribution in [1.29, 1.82) is 0 Å². The van der Waals surface area contributed by atoms with Gasteiger partial charge in [-0.05, 0) is 51.0 Å². The van der Waals surface area contributed by atoms with Gasteiger partial charge in [-0.15, -0.1) is 0 Å². The van der Waals surface area contributed by atoms with Crippen LogP contribution in [0.5, 0.6) is 5.75 Å². The van der Waals surface area contributed by atoms with E-state index in [1.807, 2.05) is 52.0 Å². The number of methoxy groups -OCH3 is 1. The summed E-state index contributed by atoms with van der Waals surface area (Å²) in [6.07, 6.45) is -0.160. The van der Waals surface area contributed by atoms with Crippen molar-refractivity contribution in [1.82, 2.24) is 0 Å². The van der Waals surface area contributed by atoms with Gasteiger partial charge in [-0.1, -0.05) is 18.7 Å². The van der Waals surface area contributed by atoms with E-state index in [9.17, 15) is 4.57 Å². The van der Waals surface area contributed by atoms with Gasteiger partial charge in [0.25, 0.3) is 0 Å². The average Bonchev–Trinajstić information content (AvgIpc) is 2.36. The summed E-state index contributed by atoms with van der Waals surface area (Å²) in [5.74, 6) is 0.770. The predicted octanol–water partition coefficient (Wildman–Crippen LogP) is 4.75. The van der Waals surface area contributed by atoms with Crippen molar-refractivity contribution in [2.75, 3.05) is 13.3 Å². The van der Waals surface area contributed by atoms with Gasteiger partial charge in [0.15, 0.2) is 0 Å². The molecule has 0 amide bonds. The molecule has 0 unspecified atom stereocenters. The van der Waals surface area contributed by atoms with Gasteiger partial charge in [0.1, 0.15) is 5.75 Å². The Kier molecular flexibility index (Phi) is 6.66. The minimum atomic E-state index is -3.20. The van der Waals surface area contributed by atoms with Crippen LogP contribution in [-0.4, -0.2) is 25.5 Å². The molecule has 0 fully saturated rings. The second-order valence-electron chi connectivity index (χ2n) is 5.41. The van der Waals surface area contributed by atoms with Crippen molar-refractivity contribution in [2.24, 2.45) is 0 Å². The lowest BCUT2D eigenvalue weighted by atomic mass is 10.1. The molecule has 1 rings (SSSR count). The summed E-state index contributed by atoms with van der Waals surface area (Å²) >= 11 is 0. The number of hydrogen-bond donors (Lipinski definition) is 0. The van der Waals surface area contributed by atoms with Crippen molar-refractivity contribution in [3.05, 3.63) is 36.4 Å². The lowest BCUT2D eigenvalue weighted by molar-refractivity contribution is 0.144. The first-order chi connectivity index (χ1) is 9.75. The standard InChI is InChI=1S/C16H25O4P/c1-12(2)19-21(17,20-13(3)4)11-14(5)15-7-9-16(18-6)10-8-15/h7-10,12-13H,5,11H2,1-4,6H3. The molecule has 0 aliphatic carbocycles. The molecule has 0 bridgehead atoms. The van der Waals surface area contributed by atoms with E-state index in [0.717, 1.165) is 16.9 Å². The quantitative estimate of drug-likeness (QED) is 0.650. The normalized spacial score (nSPS) is 12.0. The zero-order valence-corrected chi connectivity index (χ0v) is 14.4. The minimum absolute atomic E-state index is 0.168. The molecule has 0 spiro atoms. The average molecular weight is 312 g/mol. The fourth-order valence-electron chi connectivity index (χ4n) is 1.89. The van der Waals surface area contributed by atoms with E-state index < -0.39 is 7.60 Å². The summed E-state index contributed by atoms with van der Waals surface area (Å²) in [4.78, 5) is 0. The largest absolute Gasteiger partial charge is 0.497 e. The number of hydrogen-bond acceptors (Lipinski definition) is 4. The van der Waals surface area contributed by atoms with Crippen LogP contribution < -0.4 is 4.74 Å². The third-order valence-electron chi connectivity index (χ3n) is 2.63. The first-order valence-corrected chi connectivity index (χ1v) is 8.76. The molecule has 5 heteroatoms. The van der Waals surface area contributed by atoms with Gasteiger partial charge >= 0.3 is 7.60 Å². The number of allylic oxidation sites excluding steroid dienone is 1. The Morgan fingerprint density at radius 2 is 1.57 bits per heavy atom. The Hall–Kier alpha value is -1.09. The molecular weight excluding hydrogens is 287 g/mol. The van der Waals surface area contributed by atoms with Crippen LogP contribution in [0.15, 0.2) is 30.8 Å². The SMILES string of the molecule is C=C(CP(=O)(OC(C)C)OC(C)C)c1ccc(OC)cc1. The maximum Gasteiger partial charge on any atom is 0.335 e. The summed E-state index contributed by atoms with van der Waals surface area (Å²) in [5.41, 5.74) is 1.62. The monoisotopic (exact) mass is 312 g/mol. The lowest BCUT2D eigenvalue weighted by Crippen LogP contribution is -2.10. The van der Waals surface area contributed by atoms with Crippen LogP contribution in [0.3, 0.4) is 0 Å². The zero-order chi connectivity index (χ0) is 16.0. The molecule has 0 saturated heterocycles. The van der Waals surface area contributed by atoms with Crippen molar-refractivity contribution >= 4 is 13.2 Å². The number of ether oxygens (including phenoxy) is 1. The fraction of sp³-hybridized carbons (Fsp3) is 0.500. The smallest absolute Gasteiger partial charge is 0.335 e. The summed E-state index contributed by atoms with van der Waals surface area (Å²) in [6, 6.07) is 7.46. The molecule has 0 saturated carbocycles. The van der Waals surface area contributed by atoms with E-state index in [2.05, 4.69) is 6.58 Å². The van der Waals surface area contributed by atoms with Gasteiger partial charge in [0, 0.05) is 0 Å². The van der Waals surface area contributed by atoms with Crippen molar-refractivity contribution in [3.8, 4) is 5.75 Å². The Morgan fingerprint density at radius 3 is 1.95 bits per heavy atom. The maximum atomic E-state index is 12.8. The highest BCUT2D eigenvalue weighted by atomic mass is 31.2. The molecule has 0 aromatic heterocycles. The molecule has 21 heavy (non-hydrogen) atoms. The van der Waals surface area contributed by atoms with Crippen LogP contribution in [-0.2, 0) is 13.6 Å². The molecule has 4 nitrogen and oxygen atoms in total. The van der Waals surface area contributed by atoms with E-state index in [1.54, 1.807) is 7.11 Å². The third-order valence-corrected chi connectivity index (χ3v) is 4.88. The summed E-state index contributed by atoms with van der Waals surface area (Å²) in [7, 11) is -1.59. The molecule has 0 radical (unpaired) electrons. The molecular formula is C16H25O4P. The Bertz CT molecular complexity index is 492. The molecule has 1 aromatic carbocycles. The second kappa shape index (κ2) is 7.79. The van der Waals surface area contributed by atoms with Crippen molar-refractivity contribution in [2.45, 2.75) is 39.9 Å². The Morgan fingerprint density at radius 1 is 1.10 bits per heavy atom. The number of benzene rings is 1. The lowest BCUT2D eigenvalue weighted by Gasteiger charge is -2.23. The van der Waals surface area contributed by atoms with E-state index >= 15 is 0 Å². The molecule has 0 N–H and O–H groups in total. The van der Waals surface area contributed by atoms with Crippen molar-refractivity contribution < 1.29 is 18.3 Å². The second-order valence-corrected chi connectivity index (χ2v) is 7.37. The first-order valence-electron chi connectivity index (χ1n) is 7.04. The summed E-state index contributed by atoms with van der Waals surface area (Å²) in [6.45, 7) is 11.4. The Labute approximate surface area is 127 Å². The minimum Gasteiger partial charge on any atom is -0.497 e. The molecule has 0 aliphatic heterocycles. The summed E-state index contributed by atoms with van der Waals surface area (Å²) < 4.78 is 29.0. The first kappa shape index (κ1) is 18.0. The van der Waals surface area contributed by atoms with Crippen LogP contribution in [0.4, 0.5) is 0 Å². The van der Waals surface area contributed by atoms with E-state index in [0.29, 0.717) is 0 Å². The molecule has 1 aromatic rings. The van der Waals surface area contributed by atoms with Crippen LogP contribution >= 0.6 is 7.60 Å². The maximum absolute atomic E-state index is 12.8. The van der Waals surface area contributed by atoms with E-state index in [1.165, 1.54) is 0 Å². The summed E-state index contributed by atoms with van der Waals surface area (Å²) in [5, 5.41) is 0. The molecule has 0 atom stereocenters. The molecule has 118 valence electrons. The van der Waals surface area contributed by atoms with Crippen LogP contribution in [0, 0.1) is 0 Å². The predicted molar refractivity (Wildman–Crippen MR) is 86.9 cm³/mol. The Balaban J connectivity index is 2.86. The van der Waals surface area contributed by atoms with Crippen molar-refractivity contribution in [3.63, 3.8) is 0 Å². The van der Waals surface area contributed by atoms with Gasteiger partial charge < -0.3 is 13.8 Å². The highest BCUT2D eigenvalue weighted by Gasteiger charge is 2.28. The van der Waals surface area contributed by atoms with E-state index in [-0.39, 0.29) is 18.4 Å².